The van der Waals surface area contributed by atoms with Crippen molar-refractivity contribution >= 4 is 5.96 Å². The summed E-state index contributed by atoms with van der Waals surface area (Å²) in [5, 5.41) is 8.82. The summed E-state index contributed by atoms with van der Waals surface area (Å²) >= 11 is 0. The van der Waals surface area contributed by atoms with Gasteiger partial charge in [0.05, 0.1) is 6.04 Å². The molecule has 6 N–H and O–H groups in total. The predicted octanol–water partition coefficient (Wildman–Crippen LogP) is -0.438. The number of aliphatic hydroxyl groups is 1. The van der Waals surface area contributed by atoms with Gasteiger partial charge in [0.25, 0.3) is 0 Å². The van der Waals surface area contributed by atoms with Crippen LogP contribution in [0.1, 0.15) is 27.2 Å². The van der Waals surface area contributed by atoms with Gasteiger partial charge in [-0.25, -0.2) is 10.8 Å². The third kappa shape index (κ3) is 4.69. The topological polar surface area (TPSA) is 96.7 Å². The Balaban J connectivity index is 4.43. The first-order valence-electron chi connectivity index (χ1n) is 4.32. The summed E-state index contributed by atoms with van der Waals surface area (Å²) in [5.41, 5.74) is 7.68. The lowest BCUT2D eigenvalue weighted by atomic mass is 9.85. The molecule has 0 heterocycles. The molecule has 0 amide bonds. The summed E-state index contributed by atoms with van der Waals surface area (Å²) in [4.78, 5) is 4.15. The Bertz CT molecular complexity index is 173. The van der Waals surface area contributed by atoms with Gasteiger partial charge in [-0.3, -0.25) is 5.43 Å². The number of nitrogens with zero attached hydrogens (tertiary/aromatic N) is 1. The largest absolute Gasteiger partial charge is 0.396 e. The number of rotatable bonds is 3. The van der Waals surface area contributed by atoms with Crippen molar-refractivity contribution in [3.8, 4) is 0 Å². The molecule has 1 atom stereocenters. The fourth-order valence-electron chi connectivity index (χ4n) is 1.02. The summed E-state index contributed by atoms with van der Waals surface area (Å²) < 4.78 is 0. The van der Waals surface area contributed by atoms with Gasteiger partial charge in [0.15, 0.2) is 0 Å². The van der Waals surface area contributed by atoms with Crippen LogP contribution in [-0.2, 0) is 0 Å². The van der Waals surface area contributed by atoms with E-state index in [4.69, 9.17) is 16.7 Å². The molecule has 0 bridgehead atoms. The van der Waals surface area contributed by atoms with E-state index < -0.39 is 0 Å². The molecule has 0 rings (SSSR count). The zero-order chi connectivity index (χ0) is 10.5. The van der Waals surface area contributed by atoms with Crippen molar-refractivity contribution in [2.45, 2.75) is 33.2 Å². The molecule has 1 unspecified atom stereocenters. The maximum Gasteiger partial charge on any atom is 0.203 e. The molecular formula is C8H20N4O. The van der Waals surface area contributed by atoms with Crippen LogP contribution in [0, 0.1) is 5.41 Å². The molecule has 0 saturated carbocycles. The highest BCUT2D eigenvalue weighted by molar-refractivity contribution is 5.77. The molecule has 0 aromatic carbocycles. The number of hydrogen-bond donors (Lipinski definition) is 4. The molecular weight excluding hydrogens is 168 g/mol. The maximum absolute atomic E-state index is 8.82. The van der Waals surface area contributed by atoms with Crippen molar-refractivity contribution in [1.29, 1.82) is 0 Å². The third-order valence-electron chi connectivity index (χ3n) is 1.85. The second-order valence-corrected chi connectivity index (χ2v) is 4.05. The second-order valence-electron chi connectivity index (χ2n) is 4.05. The molecule has 0 aromatic heterocycles. The molecule has 0 spiro atoms. The molecule has 0 saturated heterocycles. The van der Waals surface area contributed by atoms with Crippen LogP contribution < -0.4 is 17.0 Å². The molecule has 13 heavy (non-hydrogen) atoms. The molecule has 5 heteroatoms. The molecule has 0 aromatic rings. The first kappa shape index (κ1) is 12.2. The Morgan fingerprint density at radius 3 is 2.38 bits per heavy atom. The number of nitrogens with two attached hydrogens (primary N) is 2. The summed E-state index contributed by atoms with van der Waals surface area (Å²) in [6.07, 6.45) is 0.589. The van der Waals surface area contributed by atoms with E-state index >= 15 is 0 Å². The van der Waals surface area contributed by atoms with Crippen molar-refractivity contribution in [2.75, 3.05) is 6.61 Å². The summed E-state index contributed by atoms with van der Waals surface area (Å²) in [6, 6.07) is -0.0199. The normalized spacial score (nSPS) is 15.6. The van der Waals surface area contributed by atoms with Gasteiger partial charge in [-0.2, -0.15) is 0 Å². The van der Waals surface area contributed by atoms with Crippen molar-refractivity contribution in [1.82, 2.24) is 5.43 Å². The van der Waals surface area contributed by atoms with Crippen molar-refractivity contribution in [3.63, 3.8) is 0 Å². The van der Waals surface area contributed by atoms with E-state index in [1.165, 1.54) is 0 Å². The van der Waals surface area contributed by atoms with Crippen LogP contribution in [-0.4, -0.2) is 23.7 Å². The Morgan fingerprint density at radius 2 is 2.08 bits per heavy atom. The monoisotopic (exact) mass is 188 g/mol. The fourth-order valence-corrected chi connectivity index (χ4v) is 1.02. The van der Waals surface area contributed by atoms with Gasteiger partial charge in [-0.15, -0.1) is 0 Å². The zero-order valence-electron chi connectivity index (χ0n) is 8.54. The Kier molecular flexibility index (Phi) is 4.72. The number of aliphatic imine (C=N–C) groups is 1. The van der Waals surface area contributed by atoms with Gasteiger partial charge in [-0.1, -0.05) is 20.8 Å². The highest BCUT2D eigenvalue weighted by Gasteiger charge is 2.23. The van der Waals surface area contributed by atoms with E-state index in [1.807, 2.05) is 20.8 Å². The van der Waals surface area contributed by atoms with Gasteiger partial charge < -0.3 is 10.8 Å². The molecule has 0 aliphatic rings. The Labute approximate surface area is 79.2 Å². The van der Waals surface area contributed by atoms with Crippen LogP contribution in [0.15, 0.2) is 4.99 Å². The minimum atomic E-state index is -0.0236. The molecule has 78 valence electrons. The zero-order valence-corrected chi connectivity index (χ0v) is 8.54. The standard InChI is InChI=1S/C8H20N4O/c1-8(2,3)6(4-5-13)11-7(9)12-10/h6,13H,4-5,10H2,1-3H3,(H3,9,11,12). The van der Waals surface area contributed by atoms with Crippen molar-refractivity contribution in [2.24, 2.45) is 22.0 Å². The van der Waals surface area contributed by atoms with Crippen LogP contribution in [0.5, 0.6) is 0 Å². The lowest BCUT2D eigenvalue weighted by Gasteiger charge is -2.26. The SMILES string of the molecule is CC(C)(C)C(CCO)N=C(N)NN. The van der Waals surface area contributed by atoms with E-state index in [0.717, 1.165) is 0 Å². The van der Waals surface area contributed by atoms with E-state index in [2.05, 4.69) is 10.4 Å². The fraction of sp³-hybridized carbons (Fsp3) is 0.875. The summed E-state index contributed by atoms with van der Waals surface area (Å²) in [6.45, 7) is 6.23. The van der Waals surface area contributed by atoms with Gasteiger partial charge in [-0.05, 0) is 11.8 Å². The molecule has 5 nitrogen and oxygen atoms in total. The highest BCUT2D eigenvalue weighted by Crippen LogP contribution is 2.24. The van der Waals surface area contributed by atoms with Gasteiger partial charge in [0, 0.05) is 6.61 Å². The third-order valence-corrected chi connectivity index (χ3v) is 1.85. The van der Waals surface area contributed by atoms with Crippen molar-refractivity contribution in [3.05, 3.63) is 0 Å². The van der Waals surface area contributed by atoms with Gasteiger partial charge in [0.1, 0.15) is 0 Å². The lowest BCUT2D eigenvalue weighted by Crippen LogP contribution is -2.40. The molecule has 0 fully saturated rings. The number of guanidine groups is 1. The van der Waals surface area contributed by atoms with Crippen LogP contribution in [0.4, 0.5) is 0 Å². The summed E-state index contributed by atoms with van der Waals surface area (Å²) in [5.74, 6) is 5.29. The lowest BCUT2D eigenvalue weighted by molar-refractivity contribution is 0.226. The number of aliphatic hydroxyl groups excluding tert-OH is 1. The molecule has 0 aliphatic heterocycles. The average Bonchev–Trinajstić information content (AvgIpc) is 2.01. The van der Waals surface area contributed by atoms with E-state index in [1.54, 1.807) is 0 Å². The highest BCUT2D eigenvalue weighted by atomic mass is 16.3. The smallest absolute Gasteiger partial charge is 0.203 e. The minimum Gasteiger partial charge on any atom is -0.396 e. The number of hydrazine groups is 1. The van der Waals surface area contributed by atoms with Crippen LogP contribution in [0.2, 0.25) is 0 Å². The van der Waals surface area contributed by atoms with Crippen molar-refractivity contribution < 1.29 is 5.11 Å². The van der Waals surface area contributed by atoms with E-state index in [0.29, 0.717) is 6.42 Å². The Morgan fingerprint density at radius 1 is 1.54 bits per heavy atom. The first-order chi connectivity index (χ1) is 5.91. The average molecular weight is 188 g/mol. The van der Waals surface area contributed by atoms with Gasteiger partial charge >= 0.3 is 0 Å². The van der Waals surface area contributed by atoms with Crippen LogP contribution in [0.3, 0.4) is 0 Å². The van der Waals surface area contributed by atoms with Gasteiger partial charge in [0.2, 0.25) is 5.96 Å². The van der Waals surface area contributed by atoms with Crippen LogP contribution in [0.25, 0.3) is 0 Å². The van der Waals surface area contributed by atoms with Crippen LogP contribution >= 0.6 is 0 Å². The van der Waals surface area contributed by atoms with E-state index in [9.17, 15) is 0 Å². The molecule has 0 aliphatic carbocycles. The number of nitrogens with one attached hydrogen (secondary N) is 1. The quantitative estimate of drug-likeness (QED) is 0.209. The first-order valence-corrected chi connectivity index (χ1v) is 4.32. The molecule has 0 radical (unpaired) electrons. The maximum atomic E-state index is 8.82. The Hall–Kier alpha value is -0.810. The minimum absolute atomic E-state index is 0.0199. The van der Waals surface area contributed by atoms with E-state index in [-0.39, 0.29) is 24.0 Å². The second kappa shape index (κ2) is 5.04. The summed E-state index contributed by atoms with van der Waals surface area (Å²) in [7, 11) is 0. The predicted molar refractivity (Wildman–Crippen MR) is 53.9 cm³/mol. The number of hydrogen-bond acceptors (Lipinski definition) is 3.